The Hall–Kier alpha value is -1.31. The van der Waals surface area contributed by atoms with Crippen molar-refractivity contribution in [2.75, 3.05) is 19.7 Å². The Labute approximate surface area is 134 Å². The van der Waals surface area contributed by atoms with E-state index in [0.717, 1.165) is 31.5 Å². The number of nitrogens with zero attached hydrogens (tertiary/aromatic N) is 1. The van der Waals surface area contributed by atoms with E-state index in [9.17, 15) is 13.2 Å². The number of likely N-dealkylation sites (tertiary alicyclic amines) is 1. The zero-order valence-electron chi connectivity index (χ0n) is 12.1. The Morgan fingerprint density at radius 1 is 1.36 bits per heavy atom. The summed E-state index contributed by atoms with van der Waals surface area (Å²) in [5.41, 5.74) is 5.82. The molecule has 0 aromatic heterocycles. The van der Waals surface area contributed by atoms with Crippen molar-refractivity contribution in [2.24, 2.45) is 5.73 Å². The first kappa shape index (κ1) is 17.1. The highest BCUT2D eigenvalue weighted by Gasteiger charge is 2.24. The van der Waals surface area contributed by atoms with Crippen LogP contribution in [0.15, 0.2) is 29.2 Å². The fourth-order valence-corrected chi connectivity index (χ4v) is 3.56. The summed E-state index contributed by atoms with van der Waals surface area (Å²) in [7, 11) is 1.65. The highest BCUT2D eigenvalue weighted by Crippen LogP contribution is 2.30. The van der Waals surface area contributed by atoms with E-state index >= 15 is 0 Å². The molecule has 6 nitrogen and oxygen atoms in total. The van der Waals surface area contributed by atoms with Crippen LogP contribution in [0.4, 0.5) is 4.79 Å². The molecule has 0 bridgehead atoms. The van der Waals surface area contributed by atoms with E-state index in [0.29, 0.717) is 6.42 Å². The number of hydrogen-bond donors (Lipinski definition) is 1. The van der Waals surface area contributed by atoms with Gasteiger partial charge in [0.2, 0.25) is 0 Å². The van der Waals surface area contributed by atoms with Crippen LogP contribution < -0.4 is 5.73 Å². The van der Waals surface area contributed by atoms with Gasteiger partial charge in [0, 0.05) is 23.1 Å². The molecule has 1 aromatic rings. The van der Waals surface area contributed by atoms with Crippen LogP contribution in [0.3, 0.4) is 0 Å². The van der Waals surface area contributed by atoms with Crippen molar-refractivity contribution in [3.8, 4) is 0 Å². The number of rotatable bonds is 6. The van der Waals surface area contributed by atoms with Gasteiger partial charge >= 0.3 is 6.09 Å². The standard InChI is InChI=1S/C14H19ClN2O4S/c15-22(19,20)12-5-3-4-11(10-12)13(6-9-21-14(16)18)17-7-1-2-8-17/h3-5,10,13H,1-2,6-9H2,(H2,16,18). The summed E-state index contributed by atoms with van der Waals surface area (Å²) in [6, 6.07) is 6.55. The normalized spacial score (nSPS) is 17.3. The SMILES string of the molecule is NC(=O)OCCC(c1cccc(S(=O)(=O)Cl)c1)N1CCCC1. The van der Waals surface area contributed by atoms with Gasteiger partial charge < -0.3 is 10.5 Å². The topological polar surface area (TPSA) is 89.7 Å². The van der Waals surface area contributed by atoms with Gasteiger partial charge in [0.15, 0.2) is 0 Å². The molecule has 2 rings (SSSR count). The van der Waals surface area contributed by atoms with E-state index in [4.69, 9.17) is 21.2 Å². The first-order valence-corrected chi connectivity index (χ1v) is 9.40. The summed E-state index contributed by atoms with van der Waals surface area (Å²) in [5.74, 6) is 0. The number of primary amides is 1. The Kier molecular flexibility index (Phi) is 5.66. The fourth-order valence-electron chi connectivity index (χ4n) is 2.76. The average Bonchev–Trinajstić information content (AvgIpc) is 2.96. The minimum absolute atomic E-state index is 0.0276. The number of amides is 1. The third kappa shape index (κ3) is 4.59. The van der Waals surface area contributed by atoms with Crippen LogP contribution in [0.1, 0.15) is 30.9 Å². The van der Waals surface area contributed by atoms with Gasteiger partial charge in [-0.1, -0.05) is 12.1 Å². The second kappa shape index (κ2) is 7.30. The highest BCUT2D eigenvalue weighted by atomic mass is 35.7. The van der Waals surface area contributed by atoms with Crippen molar-refractivity contribution in [2.45, 2.75) is 30.2 Å². The monoisotopic (exact) mass is 346 g/mol. The predicted molar refractivity (Wildman–Crippen MR) is 83.2 cm³/mol. The van der Waals surface area contributed by atoms with Crippen molar-refractivity contribution in [3.63, 3.8) is 0 Å². The molecule has 8 heteroatoms. The minimum Gasteiger partial charge on any atom is -0.450 e. The quantitative estimate of drug-likeness (QED) is 0.798. The minimum atomic E-state index is -3.77. The maximum absolute atomic E-state index is 11.5. The third-order valence-corrected chi connectivity index (χ3v) is 5.09. The lowest BCUT2D eigenvalue weighted by atomic mass is 10.0. The molecule has 0 spiro atoms. The summed E-state index contributed by atoms with van der Waals surface area (Å²) in [6.45, 7) is 2.05. The number of nitrogens with two attached hydrogens (primary N) is 1. The molecule has 1 aromatic carbocycles. The second-order valence-corrected chi connectivity index (χ2v) is 7.79. The van der Waals surface area contributed by atoms with E-state index in [1.165, 1.54) is 6.07 Å². The van der Waals surface area contributed by atoms with Crippen molar-refractivity contribution in [1.29, 1.82) is 0 Å². The highest BCUT2D eigenvalue weighted by molar-refractivity contribution is 8.13. The van der Waals surface area contributed by atoms with Gasteiger partial charge in [0.1, 0.15) is 0 Å². The molecular formula is C14H19ClN2O4S. The van der Waals surface area contributed by atoms with Crippen molar-refractivity contribution >= 4 is 25.8 Å². The molecule has 1 fully saturated rings. The molecule has 22 heavy (non-hydrogen) atoms. The molecule has 0 saturated carbocycles. The van der Waals surface area contributed by atoms with Crippen LogP contribution >= 0.6 is 10.7 Å². The molecule has 1 unspecified atom stereocenters. The van der Waals surface area contributed by atoms with Crippen LogP contribution in [-0.2, 0) is 13.8 Å². The van der Waals surface area contributed by atoms with Crippen LogP contribution in [0.2, 0.25) is 0 Å². The van der Waals surface area contributed by atoms with Crippen LogP contribution in [0.5, 0.6) is 0 Å². The molecule has 122 valence electrons. The maximum atomic E-state index is 11.5. The van der Waals surface area contributed by atoms with Crippen LogP contribution in [-0.4, -0.2) is 39.1 Å². The first-order valence-electron chi connectivity index (χ1n) is 7.09. The smallest absolute Gasteiger partial charge is 0.404 e. The summed E-state index contributed by atoms with van der Waals surface area (Å²) in [6.07, 6.45) is 1.94. The third-order valence-electron chi connectivity index (χ3n) is 3.74. The molecule has 1 heterocycles. The van der Waals surface area contributed by atoms with E-state index in [-0.39, 0.29) is 17.5 Å². The summed E-state index contributed by atoms with van der Waals surface area (Å²) >= 11 is 0. The maximum Gasteiger partial charge on any atom is 0.404 e. The van der Waals surface area contributed by atoms with Crippen molar-refractivity contribution in [1.82, 2.24) is 4.90 Å². The van der Waals surface area contributed by atoms with Gasteiger partial charge in [-0.05, 0) is 43.6 Å². The molecule has 1 saturated heterocycles. The van der Waals surface area contributed by atoms with Crippen LogP contribution in [0.25, 0.3) is 0 Å². The van der Waals surface area contributed by atoms with Gasteiger partial charge in [-0.2, -0.15) is 0 Å². The van der Waals surface area contributed by atoms with E-state index in [1.54, 1.807) is 12.1 Å². The number of halogens is 1. The average molecular weight is 347 g/mol. The fraction of sp³-hybridized carbons (Fsp3) is 0.500. The Balaban J connectivity index is 2.22. The number of ether oxygens (including phenoxy) is 1. The lowest BCUT2D eigenvalue weighted by Crippen LogP contribution is -2.27. The number of benzene rings is 1. The Morgan fingerprint density at radius 3 is 2.64 bits per heavy atom. The van der Waals surface area contributed by atoms with Gasteiger partial charge in [0.05, 0.1) is 11.5 Å². The second-order valence-electron chi connectivity index (χ2n) is 5.23. The number of carbonyl (C=O) groups is 1. The van der Waals surface area contributed by atoms with Crippen molar-refractivity contribution in [3.05, 3.63) is 29.8 Å². The first-order chi connectivity index (χ1) is 10.4. The molecular weight excluding hydrogens is 328 g/mol. The van der Waals surface area contributed by atoms with E-state index in [1.807, 2.05) is 6.07 Å². The molecule has 1 amide bonds. The lowest BCUT2D eigenvalue weighted by molar-refractivity contribution is 0.135. The Morgan fingerprint density at radius 2 is 2.05 bits per heavy atom. The van der Waals surface area contributed by atoms with Crippen molar-refractivity contribution < 1.29 is 17.9 Å². The summed E-state index contributed by atoms with van der Waals surface area (Å²) in [5, 5.41) is 0. The zero-order chi connectivity index (χ0) is 16.2. The number of hydrogen-bond acceptors (Lipinski definition) is 5. The van der Waals surface area contributed by atoms with Gasteiger partial charge in [-0.15, -0.1) is 0 Å². The van der Waals surface area contributed by atoms with E-state index in [2.05, 4.69) is 4.90 Å². The number of carbonyl (C=O) groups excluding carboxylic acids is 1. The molecule has 2 N–H and O–H groups in total. The predicted octanol–water partition coefficient (Wildman–Crippen LogP) is 2.24. The van der Waals surface area contributed by atoms with Crippen LogP contribution in [0, 0.1) is 0 Å². The van der Waals surface area contributed by atoms with E-state index < -0.39 is 15.1 Å². The molecule has 1 atom stereocenters. The summed E-state index contributed by atoms with van der Waals surface area (Å²) in [4.78, 5) is 13.0. The molecule has 1 aliphatic rings. The lowest BCUT2D eigenvalue weighted by Gasteiger charge is -2.28. The summed E-state index contributed by atoms with van der Waals surface area (Å²) < 4.78 is 27.8. The largest absolute Gasteiger partial charge is 0.450 e. The van der Waals surface area contributed by atoms with Gasteiger partial charge in [-0.25, -0.2) is 13.2 Å². The molecule has 0 radical (unpaired) electrons. The molecule has 1 aliphatic heterocycles. The Bertz CT molecular complexity index is 629. The molecule has 0 aliphatic carbocycles. The van der Waals surface area contributed by atoms with Gasteiger partial charge in [-0.3, -0.25) is 4.90 Å². The zero-order valence-corrected chi connectivity index (χ0v) is 13.6. The van der Waals surface area contributed by atoms with Gasteiger partial charge in [0.25, 0.3) is 9.05 Å².